The molecule has 2 heteroatoms. The van der Waals surface area contributed by atoms with Crippen LogP contribution in [0.1, 0.15) is 23.2 Å². The van der Waals surface area contributed by atoms with Crippen molar-refractivity contribution in [1.29, 1.82) is 0 Å². The van der Waals surface area contributed by atoms with Gasteiger partial charge in [0, 0.05) is 11.1 Å². The van der Waals surface area contributed by atoms with Crippen LogP contribution in [0.4, 0.5) is 0 Å². The first-order valence-electron chi connectivity index (χ1n) is 9.46. The van der Waals surface area contributed by atoms with Gasteiger partial charge < -0.3 is 4.52 Å². The Morgan fingerprint density at radius 3 is 1.96 bits per heavy atom. The maximum absolute atomic E-state index is 5.68. The summed E-state index contributed by atoms with van der Waals surface area (Å²) in [5.74, 6) is 0.903. The van der Waals surface area contributed by atoms with Gasteiger partial charge in [0.2, 0.25) is 0 Å². The monoisotopic (exact) mass is 353 g/mol. The SMILES string of the molecule is Cc1noc(-c2ccc(-c3ccccc3)cc2)c1CCCc1ccccc1. The highest BCUT2D eigenvalue weighted by molar-refractivity contribution is 5.69. The number of aryl methyl sites for hydroxylation is 2. The molecule has 0 radical (unpaired) electrons. The fraction of sp³-hybridized carbons (Fsp3) is 0.160. The minimum atomic E-state index is 0.903. The maximum Gasteiger partial charge on any atom is 0.170 e. The van der Waals surface area contributed by atoms with Crippen LogP contribution in [0, 0.1) is 6.92 Å². The van der Waals surface area contributed by atoms with Crippen LogP contribution in [0.2, 0.25) is 0 Å². The van der Waals surface area contributed by atoms with Gasteiger partial charge in [-0.25, -0.2) is 0 Å². The smallest absolute Gasteiger partial charge is 0.170 e. The van der Waals surface area contributed by atoms with Gasteiger partial charge in [-0.1, -0.05) is 90.1 Å². The van der Waals surface area contributed by atoms with Crippen molar-refractivity contribution in [2.45, 2.75) is 26.2 Å². The molecule has 0 aliphatic rings. The van der Waals surface area contributed by atoms with Gasteiger partial charge >= 0.3 is 0 Å². The summed E-state index contributed by atoms with van der Waals surface area (Å²) < 4.78 is 5.68. The van der Waals surface area contributed by atoms with Gasteiger partial charge in [-0.3, -0.25) is 0 Å². The predicted molar refractivity (Wildman–Crippen MR) is 111 cm³/mol. The van der Waals surface area contributed by atoms with E-state index in [1.807, 2.05) is 13.0 Å². The van der Waals surface area contributed by atoms with E-state index in [1.165, 1.54) is 22.3 Å². The maximum atomic E-state index is 5.68. The average molecular weight is 353 g/mol. The molecule has 0 aliphatic carbocycles. The van der Waals surface area contributed by atoms with E-state index in [9.17, 15) is 0 Å². The summed E-state index contributed by atoms with van der Waals surface area (Å²) in [7, 11) is 0. The molecule has 0 atom stereocenters. The van der Waals surface area contributed by atoms with Crippen LogP contribution in [-0.4, -0.2) is 5.16 Å². The van der Waals surface area contributed by atoms with Gasteiger partial charge in [0.1, 0.15) is 0 Å². The van der Waals surface area contributed by atoms with E-state index in [0.29, 0.717) is 0 Å². The van der Waals surface area contributed by atoms with Gasteiger partial charge in [0.25, 0.3) is 0 Å². The summed E-state index contributed by atoms with van der Waals surface area (Å²) in [6.07, 6.45) is 3.12. The molecular formula is C25H23NO. The highest BCUT2D eigenvalue weighted by Gasteiger charge is 2.14. The van der Waals surface area contributed by atoms with Crippen LogP contribution >= 0.6 is 0 Å². The molecule has 0 fully saturated rings. The molecule has 4 aromatic rings. The minimum absolute atomic E-state index is 0.903. The van der Waals surface area contributed by atoms with E-state index in [-0.39, 0.29) is 0 Å². The van der Waals surface area contributed by atoms with E-state index in [1.54, 1.807) is 0 Å². The standard InChI is InChI=1S/C25H23NO/c1-19-24(14-8-11-20-9-4-2-5-10-20)25(27-26-19)23-17-15-22(16-18-23)21-12-6-3-7-13-21/h2-7,9-10,12-13,15-18H,8,11,14H2,1H3. The van der Waals surface area contributed by atoms with Gasteiger partial charge in [0.15, 0.2) is 5.76 Å². The summed E-state index contributed by atoms with van der Waals surface area (Å²) in [6, 6.07) is 29.6. The van der Waals surface area contributed by atoms with Crippen molar-refractivity contribution in [1.82, 2.24) is 5.16 Å². The Hall–Kier alpha value is -3.13. The van der Waals surface area contributed by atoms with E-state index in [0.717, 1.165) is 36.3 Å². The molecule has 4 rings (SSSR count). The zero-order valence-corrected chi connectivity index (χ0v) is 15.6. The summed E-state index contributed by atoms with van der Waals surface area (Å²) in [6.45, 7) is 2.03. The van der Waals surface area contributed by atoms with Crippen molar-refractivity contribution in [3.63, 3.8) is 0 Å². The molecule has 3 aromatic carbocycles. The molecule has 2 nitrogen and oxygen atoms in total. The van der Waals surface area contributed by atoms with Crippen LogP contribution in [-0.2, 0) is 12.8 Å². The Morgan fingerprint density at radius 1 is 0.667 bits per heavy atom. The first-order valence-corrected chi connectivity index (χ1v) is 9.46. The number of benzene rings is 3. The molecule has 1 heterocycles. The number of hydrogen-bond acceptors (Lipinski definition) is 2. The lowest BCUT2D eigenvalue weighted by Crippen LogP contribution is -1.93. The van der Waals surface area contributed by atoms with Gasteiger partial charge in [0.05, 0.1) is 5.69 Å². The molecule has 134 valence electrons. The Kier molecular flexibility index (Phi) is 5.15. The van der Waals surface area contributed by atoms with Crippen LogP contribution in [0.15, 0.2) is 89.5 Å². The van der Waals surface area contributed by atoms with E-state index < -0.39 is 0 Å². The Morgan fingerprint density at radius 2 is 1.26 bits per heavy atom. The molecule has 1 aromatic heterocycles. The average Bonchev–Trinajstić information content (AvgIpc) is 3.10. The van der Waals surface area contributed by atoms with Crippen molar-refractivity contribution in [2.75, 3.05) is 0 Å². The molecule has 0 spiro atoms. The molecule has 27 heavy (non-hydrogen) atoms. The summed E-state index contributed by atoms with van der Waals surface area (Å²) in [5, 5.41) is 4.22. The minimum Gasteiger partial charge on any atom is -0.356 e. The Labute approximate surface area is 160 Å². The van der Waals surface area contributed by atoms with Gasteiger partial charge in [-0.2, -0.15) is 0 Å². The first-order chi connectivity index (χ1) is 13.3. The molecule has 0 N–H and O–H groups in total. The number of hydrogen-bond donors (Lipinski definition) is 0. The van der Waals surface area contributed by atoms with Crippen molar-refractivity contribution < 1.29 is 4.52 Å². The summed E-state index contributed by atoms with van der Waals surface area (Å²) in [4.78, 5) is 0. The predicted octanol–water partition coefficient (Wildman–Crippen LogP) is 6.49. The topological polar surface area (TPSA) is 26.0 Å². The van der Waals surface area contributed by atoms with Gasteiger partial charge in [-0.15, -0.1) is 0 Å². The van der Waals surface area contributed by atoms with Crippen LogP contribution in [0.25, 0.3) is 22.5 Å². The third-order valence-electron chi connectivity index (χ3n) is 4.97. The van der Waals surface area contributed by atoms with E-state index in [2.05, 4.69) is 84.0 Å². The highest BCUT2D eigenvalue weighted by Crippen LogP contribution is 2.29. The molecular weight excluding hydrogens is 330 g/mol. The van der Waals surface area contributed by atoms with Gasteiger partial charge in [-0.05, 0) is 42.9 Å². The van der Waals surface area contributed by atoms with E-state index >= 15 is 0 Å². The summed E-state index contributed by atoms with van der Waals surface area (Å²) >= 11 is 0. The molecule has 0 aliphatic heterocycles. The molecule has 0 saturated heterocycles. The highest BCUT2D eigenvalue weighted by atomic mass is 16.5. The number of nitrogens with zero attached hydrogens (tertiary/aromatic N) is 1. The second-order valence-electron chi connectivity index (χ2n) is 6.86. The van der Waals surface area contributed by atoms with E-state index in [4.69, 9.17) is 4.52 Å². The molecule has 0 amide bonds. The molecule has 0 bridgehead atoms. The zero-order valence-electron chi connectivity index (χ0n) is 15.6. The Balaban J connectivity index is 1.51. The van der Waals surface area contributed by atoms with Crippen LogP contribution < -0.4 is 0 Å². The Bertz CT molecular complexity index is 986. The van der Waals surface area contributed by atoms with Crippen molar-refractivity contribution in [3.8, 4) is 22.5 Å². The van der Waals surface area contributed by atoms with Crippen molar-refractivity contribution >= 4 is 0 Å². The molecule has 0 unspecified atom stereocenters. The van der Waals surface area contributed by atoms with Crippen LogP contribution in [0.3, 0.4) is 0 Å². The number of rotatable bonds is 6. The lowest BCUT2D eigenvalue weighted by molar-refractivity contribution is 0.426. The third-order valence-corrected chi connectivity index (χ3v) is 4.97. The second-order valence-corrected chi connectivity index (χ2v) is 6.86. The first kappa shape index (κ1) is 17.3. The number of aromatic nitrogens is 1. The lowest BCUT2D eigenvalue weighted by atomic mass is 9.98. The fourth-order valence-corrected chi connectivity index (χ4v) is 3.47. The fourth-order valence-electron chi connectivity index (χ4n) is 3.47. The normalized spacial score (nSPS) is 10.9. The summed E-state index contributed by atoms with van der Waals surface area (Å²) in [5.41, 5.74) is 7.11. The molecule has 0 saturated carbocycles. The quantitative estimate of drug-likeness (QED) is 0.396. The second kappa shape index (κ2) is 8.05. The third kappa shape index (κ3) is 4.01. The van der Waals surface area contributed by atoms with Crippen LogP contribution in [0.5, 0.6) is 0 Å². The largest absolute Gasteiger partial charge is 0.356 e. The van der Waals surface area contributed by atoms with Crippen molar-refractivity contribution in [2.24, 2.45) is 0 Å². The lowest BCUT2D eigenvalue weighted by Gasteiger charge is -2.06. The van der Waals surface area contributed by atoms with Crippen molar-refractivity contribution in [3.05, 3.63) is 102 Å². The zero-order chi connectivity index (χ0) is 18.5.